The van der Waals surface area contributed by atoms with Crippen LogP contribution in [0, 0.1) is 0 Å². The Hall–Kier alpha value is -1.90. The number of carbonyl (C=O) groups excluding carboxylic acids is 1. The second-order valence-electron chi connectivity index (χ2n) is 3.59. The molecule has 0 aromatic heterocycles. The maximum Gasteiger partial charge on any atom is 0.173 e. The van der Waals surface area contributed by atoms with Gasteiger partial charge in [0.1, 0.15) is 5.75 Å². The summed E-state index contributed by atoms with van der Waals surface area (Å²) in [7, 11) is 1.58. The number of nitrogens with one attached hydrogen (secondary N) is 1. The third-order valence-electron chi connectivity index (χ3n) is 2.54. The van der Waals surface area contributed by atoms with Crippen molar-refractivity contribution in [2.24, 2.45) is 0 Å². The van der Waals surface area contributed by atoms with Crippen LogP contribution in [0.2, 0.25) is 0 Å². The Morgan fingerprint density at radius 3 is 2.83 bits per heavy atom. The zero-order chi connectivity index (χ0) is 13.1. The maximum atomic E-state index is 10.9. The van der Waals surface area contributed by atoms with Gasteiger partial charge in [0.2, 0.25) is 0 Å². The number of halogens is 1. The fourth-order valence-electron chi connectivity index (χ4n) is 1.72. The molecular formula is C13H12ClNO3. The van der Waals surface area contributed by atoms with E-state index < -0.39 is 0 Å². The normalized spacial score (nSPS) is 13.6. The Bertz CT molecular complexity index is 559. The fraction of sp³-hybridized carbons (Fsp3) is 0.231. The fourth-order valence-corrected chi connectivity index (χ4v) is 2.02. The van der Waals surface area contributed by atoms with E-state index >= 15 is 0 Å². The highest BCUT2D eigenvalue weighted by molar-refractivity contribution is 6.50. The first-order chi connectivity index (χ1) is 8.71. The van der Waals surface area contributed by atoms with Crippen LogP contribution in [0.5, 0.6) is 5.75 Å². The van der Waals surface area contributed by atoms with Gasteiger partial charge < -0.3 is 14.8 Å². The van der Waals surface area contributed by atoms with Gasteiger partial charge in [0.05, 0.1) is 18.7 Å². The topological polar surface area (TPSA) is 47.6 Å². The van der Waals surface area contributed by atoms with Gasteiger partial charge in [0.25, 0.3) is 0 Å². The molecule has 1 aromatic rings. The van der Waals surface area contributed by atoms with E-state index in [2.05, 4.69) is 5.32 Å². The Balaban J connectivity index is 2.59. The molecule has 1 aliphatic heterocycles. The number of hydrogen-bond acceptors (Lipinski definition) is 4. The molecular weight excluding hydrogens is 254 g/mol. The summed E-state index contributed by atoms with van der Waals surface area (Å²) in [6, 6.07) is 5.35. The van der Waals surface area contributed by atoms with E-state index in [0.29, 0.717) is 23.1 Å². The predicted molar refractivity (Wildman–Crippen MR) is 70.2 cm³/mol. The number of fused-ring (bicyclic) bond motifs is 1. The molecule has 1 aromatic carbocycles. The lowest BCUT2D eigenvalue weighted by atomic mass is 10.1. The van der Waals surface area contributed by atoms with Crippen LogP contribution in [0.25, 0.3) is 5.03 Å². The number of hydrogen-bond donors (Lipinski definition) is 1. The van der Waals surface area contributed by atoms with Crippen molar-refractivity contribution in [2.75, 3.05) is 19.0 Å². The van der Waals surface area contributed by atoms with Crippen molar-refractivity contribution >= 4 is 28.3 Å². The van der Waals surface area contributed by atoms with Crippen molar-refractivity contribution in [3.63, 3.8) is 0 Å². The number of anilines is 1. The molecule has 4 nitrogen and oxygen atoms in total. The Morgan fingerprint density at radius 1 is 1.44 bits per heavy atom. The van der Waals surface area contributed by atoms with Crippen LogP contribution in [-0.4, -0.2) is 19.7 Å². The van der Waals surface area contributed by atoms with Gasteiger partial charge in [-0.15, -0.1) is 0 Å². The second-order valence-corrected chi connectivity index (χ2v) is 3.97. The minimum atomic E-state index is 0.208. The van der Waals surface area contributed by atoms with Crippen LogP contribution in [0.3, 0.4) is 0 Å². The molecule has 0 saturated carbocycles. The van der Waals surface area contributed by atoms with Gasteiger partial charge in [0, 0.05) is 11.3 Å². The molecule has 0 unspecified atom stereocenters. The van der Waals surface area contributed by atoms with Gasteiger partial charge in [-0.3, -0.25) is 0 Å². The minimum Gasteiger partial charge on any atom is -0.497 e. The monoisotopic (exact) mass is 265 g/mol. The summed E-state index contributed by atoms with van der Waals surface area (Å²) in [5, 5.41) is 3.31. The van der Waals surface area contributed by atoms with E-state index in [1.54, 1.807) is 31.3 Å². The first kappa shape index (κ1) is 12.6. The Kier molecular flexibility index (Phi) is 3.60. The van der Waals surface area contributed by atoms with Crippen molar-refractivity contribution in [3.8, 4) is 5.75 Å². The summed E-state index contributed by atoms with van der Waals surface area (Å²) in [6.07, 6.45) is 0. The van der Waals surface area contributed by atoms with E-state index in [0.717, 1.165) is 11.3 Å². The molecule has 5 heteroatoms. The molecule has 0 amide bonds. The summed E-state index contributed by atoms with van der Waals surface area (Å²) in [5.41, 5.74) is 1.67. The number of ether oxygens (including phenoxy) is 2. The molecule has 18 heavy (non-hydrogen) atoms. The van der Waals surface area contributed by atoms with Crippen LogP contribution >= 0.6 is 11.6 Å². The molecule has 0 saturated heterocycles. The van der Waals surface area contributed by atoms with Gasteiger partial charge in [-0.25, -0.2) is 4.79 Å². The van der Waals surface area contributed by atoms with E-state index in [1.165, 1.54) is 0 Å². The average molecular weight is 266 g/mol. The summed E-state index contributed by atoms with van der Waals surface area (Å²) < 4.78 is 10.5. The molecule has 1 N–H and O–H groups in total. The molecule has 0 spiro atoms. The van der Waals surface area contributed by atoms with Crippen LogP contribution in [0.15, 0.2) is 29.7 Å². The minimum absolute atomic E-state index is 0.208. The lowest BCUT2D eigenvalue weighted by Crippen LogP contribution is -2.13. The van der Waals surface area contributed by atoms with Gasteiger partial charge >= 0.3 is 0 Å². The van der Waals surface area contributed by atoms with Gasteiger partial charge in [-0.1, -0.05) is 11.6 Å². The van der Waals surface area contributed by atoms with Crippen LogP contribution in [0.4, 0.5) is 5.69 Å². The quantitative estimate of drug-likeness (QED) is 0.854. The van der Waals surface area contributed by atoms with Gasteiger partial charge in [0.15, 0.2) is 17.4 Å². The smallest absolute Gasteiger partial charge is 0.173 e. The lowest BCUT2D eigenvalue weighted by molar-refractivity contribution is 0.241. The SMILES string of the molecule is CCOC1=C(Cl)c2cc(OC)ccc2NC1=C=O. The average Bonchev–Trinajstić information content (AvgIpc) is 2.41. The Morgan fingerprint density at radius 2 is 2.22 bits per heavy atom. The third-order valence-corrected chi connectivity index (χ3v) is 2.92. The zero-order valence-electron chi connectivity index (χ0n) is 10.0. The summed E-state index contributed by atoms with van der Waals surface area (Å²) in [5.74, 6) is 2.79. The molecule has 0 bridgehead atoms. The number of methoxy groups -OCH3 is 1. The van der Waals surface area contributed by atoms with Crippen molar-refractivity contribution in [1.82, 2.24) is 0 Å². The largest absolute Gasteiger partial charge is 0.497 e. The molecule has 94 valence electrons. The number of rotatable bonds is 3. The molecule has 0 fully saturated rings. The standard InChI is InChI=1S/C13H12ClNO3/c1-3-18-13-11(7-16)15-10-5-4-8(17-2)6-9(10)12(13)14/h4-6,15H,3H2,1-2H3. The highest BCUT2D eigenvalue weighted by atomic mass is 35.5. The second kappa shape index (κ2) is 5.17. The molecule has 0 atom stereocenters. The van der Waals surface area contributed by atoms with Crippen molar-refractivity contribution in [1.29, 1.82) is 0 Å². The summed E-state index contributed by atoms with van der Waals surface area (Å²) in [6.45, 7) is 2.23. The van der Waals surface area contributed by atoms with Crippen LogP contribution in [0.1, 0.15) is 12.5 Å². The first-order valence-corrected chi connectivity index (χ1v) is 5.82. The zero-order valence-corrected chi connectivity index (χ0v) is 10.8. The lowest BCUT2D eigenvalue weighted by Gasteiger charge is -2.22. The molecule has 1 heterocycles. The van der Waals surface area contributed by atoms with Crippen molar-refractivity contribution in [2.45, 2.75) is 6.92 Å². The van der Waals surface area contributed by atoms with E-state index in [9.17, 15) is 4.79 Å². The maximum absolute atomic E-state index is 10.9. The summed E-state index contributed by atoms with van der Waals surface area (Å²) in [4.78, 5) is 10.9. The Labute approximate surface area is 110 Å². The molecule has 0 radical (unpaired) electrons. The first-order valence-electron chi connectivity index (χ1n) is 5.44. The van der Waals surface area contributed by atoms with Gasteiger partial charge in [-0.05, 0) is 25.1 Å². The third kappa shape index (κ3) is 2.08. The molecule has 0 aliphatic carbocycles. The van der Waals surface area contributed by atoms with Crippen LogP contribution in [-0.2, 0) is 9.53 Å². The van der Waals surface area contributed by atoms with Crippen molar-refractivity contribution < 1.29 is 14.3 Å². The van der Waals surface area contributed by atoms with Crippen molar-refractivity contribution in [3.05, 3.63) is 35.2 Å². The highest BCUT2D eigenvalue weighted by Crippen LogP contribution is 2.39. The predicted octanol–water partition coefficient (Wildman–Crippen LogP) is 2.78. The van der Waals surface area contributed by atoms with E-state index in [4.69, 9.17) is 21.1 Å². The highest BCUT2D eigenvalue weighted by Gasteiger charge is 2.24. The summed E-state index contributed by atoms with van der Waals surface area (Å²) >= 11 is 6.25. The van der Waals surface area contributed by atoms with E-state index in [1.807, 2.05) is 6.92 Å². The van der Waals surface area contributed by atoms with E-state index in [-0.39, 0.29) is 5.70 Å². The van der Waals surface area contributed by atoms with Crippen LogP contribution < -0.4 is 10.1 Å². The van der Waals surface area contributed by atoms with Gasteiger partial charge in [-0.2, -0.15) is 0 Å². The molecule has 1 aliphatic rings. The molecule has 2 rings (SSSR count). The number of benzene rings is 1.